The van der Waals surface area contributed by atoms with E-state index >= 15 is 0 Å². The van der Waals surface area contributed by atoms with Gasteiger partial charge in [-0.2, -0.15) is 13.2 Å². The molecule has 0 saturated heterocycles. The van der Waals surface area contributed by atoms with Crippen molar-refractivity contribution in [3.8, 4) is 0 Å². The van der Waals surface area contributed by atoms with Crippen LogP contribution in [-0.4, -0.2) is 9.97 Å². The van der Waals surface area contributed by atoms with E-state index in [1.54, 1.807) is 18.2 Å². The quantitative estimate of drug-likeness (QED) is 0.830. The third kappa shape index (κ3) is 3.83. The van der Waals surface area contributed by atoms with Gasteiger partial charge in [-0.15, -0.1) is 0 Å². The molecule has 2 aromatic rings. The van der Waals surface area contributed by atoms with Crippen molar-refractivity contribution in [2.45, 2.75) is 6.18 Å². The third-order valence-electron chi connectivity index (χ3n) is 2.58. The fourth-order valence-corrected chi connectivity index (χ4v) is 1.96. The number of rotatable bonds is 3. The molecule has 0 aliphatic heterocycles. The molecule has 1 aromatic heterocycles. The Hall–Kier alpha value is -1.86. The highest BCUT2D eigenvalue weighted by Gasteiger charge is 2.32. The number of nitrogens with zero attached hydrogens (tertiary/aromatic N) is 1. The van der Waals surface area contributed by atoms with E-state index in [-0.39, 0.29) is 4.99 Å². The fraction of sp³-hybridized carbons (Fsp3) is 0.0769. The maximum absolute atomic E-state index is 12.4. The zero-order chi connectivity index (χ0) is 15.6. The zero-order valence-corrected chi connectivity index (χ0v) is 12.0. The van der Waals surface area contributed by atoms with Crippen LogP contribution in [0.25, 0.3) is 0 Å². The van der Waals surface area contributed by atoms with E-state index in [9.17, 15) is 13.2 Å². The second kappa shape index (κ2) is 5.87. The van der Waals surface area contributed by atoms with E-state index in [0.717, 1.165) is 12.3 Å². The van der Waals surface area contributed by atoms with Gasteiger partial charge in [-0.25, -0.2) is 4.98 Å². The first-order valence-corrected chi connectivity index (χ1v) is 6.45. The Morgan fingerprint density at radius 1 is 1.24 bits per heavy atom. The van der Waals surface area contributed by atoms with Crippen molar-refractivity contribution in [2.75, 3.05) is 5.32 Å². The maximum Gasteiger partial charge on any atom is 0.433 e. The first-order valence-electron chi connectivity index (χ1n) is 5.67. The van der Waals surface area contributed by atoms with Crippen molar-refractivity contribution in [3.63, 3.8) is 0 Å². The Bertz CT molecular complexity index is 671. The van der Waals surface area contributed by atoms with Crippen molar-refractivity contribution in [1.82, 2.24) is 4.98 Å². The van der Waals surface area contributed by atoms with Crippen LogP contribution in [0, 0.1) is 0 Å². The summed E-state index contributed by atoms with van der Waals surface area (Å²) in [5, 5.41) is 3.36. The number of hydrogen-bond donors (Lipinski definition) is 2. The van der Waals surface area contributed by atoms with Gasteiger partial charge in [-0.1, -0.05) is 23.8 Å². The highest BCUT2D eigenvalue weighted by atomic mass is 35.5. The predicted octanol–water partition coefficient (Wildman–Crippen LogP) is 4.13. The molecule has 8 heteroatoms. The molecule has 0 radical (unpaired) electrons. The largest absolute Gasteiger partial charge is 0.433 e. The van der Waals surface area contributed by atoms with Crippen LogP contribution in [0.1, 0.15) is 11.3 Å². The standard InChI is InChI=1S/C13H9ClF3N3S/c14-7-1-3-10(9(5-7)12(18)21)20-8-2-4-11(19-6-8)13(15,16)17/h1-6,20H,(H2,18,21). The molecule has 0 aliphatic carbocycles. The van der Waals surface area contributed by atoms with Gasteiger partial charge in [0, 0.05) is 16.3 Å². The Morgan fingerprint density at radius 3 is 2.48 bits per heavy atom. The van der Waals surface area contributed by atoms with Gasteiger partial charge in [0.2, 0.25) is 0 Å². The normalized spacial score (nSPS) is 11.2. The van der Waals surface area contributed by atoms with Gasteiger partial charge in [0.25, 0.3) is 0 Å². The van der Waals surface area contributed by atoms with Crippen LogP contribution < -0.4 is 11.1 Å². The molecule has 0 amide bonds. The van der Waals surface area contributed by atoms with Crippen LogP contribution in [0.2, 0.25) is 5.02 Å². The first kappa shape index (κ1) is 15.5. The molecule has 21 heavy (non-hydrogen) atoms. The Kier molecular flexibility index (Phi) is 4.34. The number of alkyl halides is 3. The minimum Gasteiger partial charge on any atom is -0.389 e. The van der Waals surface area contributed by atoms with E-state index in [0.29, 0.717) is 22.0 Å². The summed E-state index contributed by atoms with van der Waals surface area (Å²) in [5.74, 6) is 0. The van der Waals surface area contributed by atoms with Crippen LogP contribution in [0.15, 0.2) is 36.5 Å². The number of aromatic nitrogens is 1. The minimum absolute atomic E-state index is 0.125. The number of benzene rings is 1. The Morgan fingerprint density at radius 2 is 1.95 bits per heavy atom. The Balaban J connectivity index is 2.28. The molecule has 0 saturated carbocycles. The summed E-state index contributed by atoms with van der Waals surface area (Å²) in [4.78, 5) is 3.49. The monoisotopic (exact) mass is 331 g/mol. The summed E-state index contributed by atoms with van der Waals surface area (Å²) in [6.07, 6.45) is -3.39. The third-order valence-corrected chi connectivity index (χ3v) is 3.04. The molecular weight excluding hydrogens is 323 g/mol. The molecule has 1 aromatic carbocycles. The van der Waals surface area contributed by atoms with E-state index in [1.807, 2.05) is 0 Å². The van der Waals surface area contributed by atoms with Crippen LogP contribution in [-0.2, 0) is 6.18 Å². The van der Waals surface area contributed by atoms with E-state index < -0.39 is 11.9 Å². The summed E-state index contributed by atoms with van der Waals surface area (Å²) in [7, 11) is 0. The maximum atomic E-state index is 12.4. The van der Waals surface area contributed by atoms with Crippen LogP contribution in [0.5, 0.6) is 0 Å². The molecule has 0 atom stereocenters. The molecule has 0 spiro atoms. The highest BCUT2D eigenvalue weighted by Crippen LogP contribution is 2.29. The number of thiocarbonyl (C=S) groups is 1. The SMILES string of the molecule is NC(=S)c1cc(Cl)ccc1Nc1ccc(C(F)(F)F)nc1. The summed E-state index contributed by atoms with van der Waals surface area (Å²) < 4.78 is 37.3. The van der Waals surface area contributed by atoms with Crippen molar-refractivity contribution in [3.05, 3.63) is 52.8 Å². The second-order valence-corrected chi connectivity index (χ2v) is 4.99. The average molecular weight is 332 g/mol. The number of pyridine rings is 1. The summed E-state index contributed by atoms with van der Waals surface area (Å²) >= 11 is 10.8. The van der Waals surface area contributed by atoms with Gasteiger partial charge in [0.1, 0.15) is 10.7 Å². The van der Waals surface area contributed by atoms with Gasteiger partial charge in [0.15, 0.2) is 0 Å². The molecule has 0 bridgehead atoms. The van der Waals surface area contributed by atoms with Crippen LogP contribution >= 0.6 is 23.8 Å². The molecule has 110 valence electrons. The average Bonchev–Trinajstić information content (AvgIpc) is 2.40. The molecule has 3 N–H and O–H groups in total. The van der Waals surface area contributed by atoms with E-state index in [1.165, 1.54) is 6.07 Å². The molecule has 3 nitrogen and oxygen atoms in total. The van der Waals surface area contributed by atoms with E-state index in [2.05, 4.69) is 10.3 Å². The smallest absolute Gasteiger partial charge is 0.389 e. The zero-order valence-electron chi connectivity index (χ0n) is 10.4. The lowest BCUT2D eigenvalue weighted by atomic mass is 10.1. The van der Waals surface area contributed by atoms with Gasteiger partial charge < -0.3 is 11.1 Å². The van der Waals surface area contributed by atoms with Crippen molar-refractivity contribution < 1.29 is 13.2 Å². The van der Waals surface area contributed by atoms with Gasteiger partial charge in [0.05, 0.1) is 11.9 Å². The highest BCUT2D eigenvalue weighted by molar-refractivity contribution is 7.80. The van der Waals surface area contributed by atoms with Crippen molar-refractivity contribution in [2.24, 2.45) is 5.73 Å². The number of anilines is 2. The van der Waals surface area contributed by atoms with E-state index in [4.69, 9.17) is 29.6 Å². The van der Waals surface area contributed by atoms with Gasteiger partial charge in [-0.05, 0) is 30.3 Å². The molecule has 0 aliphatic rings. The lowest BCUT2D eigenvalue weighted by molar-refractivity contribution is -0.141. The molecule has 1 heterocycles. The predicted molar refractivity (Wildman–Crippen MR) is 79.9 cm³/mol. The lowest BCUT2D eigenvalue weighted by Crippen LogP contribution is -2.12. The van der Waals surface area contributed by atoms with Gasteiger partial charge in [-0.3, -0.25) is 0 Å². The first-order chi connectivity index (χ1) is 9.77. The summed E-state index contributed by atoms with van der Waals surface area (Å²) in [5.41, 5.74) is 6.04. The van der Waals surface area contributed by atoms with Crippen LogP contribution in [0.3, 0.4) is 0 Å². The summed E-state index contributed by atoms with van der Waals surface area (Å²) in [6, 6.07) is 6.98. The van der Waals surface area contributed by atoms with Crippen molar-refractivity contribution in [1.29, 1.82) is 0 Å². The van der Waals surface area contributed by atoms with Gasteiger partial charge >= 0.3 is 6.18 Å². The number of hydrogen-bond acceptors (Lipinski definition) is 3. The fourth-order valence-electron chi connectivity index (χ4n) is 1.62. The molecule has 2 rings (SSSR count). The topological polar surface area (TPSA) is 50.9 Å². The number of nitrogens with two attached hydrogens (primary N) is 1. The number of nitrogens with one attached hydrogen (secondary N) is 1. The molecular formula is C13H9ClF3N3S. The second-order valence-electron chi connectivity index (χ2n) is 4.11. The Labute approximate surface area is 128 Å². The molecule has 0 unspecified atom stereocenters. The lowest BCUT2D eigenvalue weighted by Gasteiger charge is -2.12. The number of halogens is 4. The minimum atomic E-state index is -4.47. The van der Waals surface area contributed by atoms with Crippen molar-refractivity contribution >= 4 is 40.2 Å². The molecule has 0 fully saturated rings. The van der Waals surface area contributed by atoms with Crippen LogP contribution in [0.4, 0.5) is 24.5 Å². The summed E-state index contributed by atoms with van der Waals surface area (Å²) in [6.45, 7) is 0.